The van der Waals surface area contributed by atoms with Crippen molar-refractivity contribution in [2.24, 2.45) is 0 Å². The van der Waals surface area contributed by atoms with Gasteiger partial charge in [0.25, 0.3) is 5.91 Å². The van der Waals surface area contributed by atoms with E-state index < -0.39 is 0 Å². The molecule has 2 aromatic heterocycles. The number of likely N-dealkylation sites (N-methyl/N-ethyl adjacent to an activating group) is 1. The van der Waals surface area contributed by atoms with Gasteiger partial charge in [-0.2, -0.15) is 5.10 Å². The average molecular weight is 406 g/mol. The van der Waals surface area contributed by atoms with Crippen molar-refractivity contribution < 1.29 is 9.59 Å². The van der Waals surface area contributed by atoms with Crippen LogP contribution in [-0.2, 0) is 24.2 Å². The molecule has 30 heavy (non-hydrogen) atoms. The number of aromatic amines is 1. The molecule has 0 radical (unpaired) electrons. The zero-order valence-electron chi connectivity index (χ0n) is 17.5. The first kappa shape index (κ1) is 18.9. The molecule has 2 aliphatic rings. The van der Waals surface area contributed by atoms with Gasteiger partial charge in [0.15, 0.2) is 0 Å². The number of nitrogens with one attached hydrogen (secondary N) is 1. The van der Waals surface area contributed by atoms with Crippen LogP contribution in [0.2, 0.25) is 0 Å². The van der Waals surface area contributed by atoms with Crippen LogP contribution < -0.4 is 0 Å². The lowest BCUT2D eigenvalue weighted by atomic mass is 9.91. The quantitative estimate of drug-likeness (QED) is 0.709. The Balaban J connectivity index is 1.46. The normalized spacial score (nSPS) is 18.3. The number of H-pyrrole nitrogens is 1. The van der Waals surface area contributed by atoms with Gasteiger partial charge >= 0.3 is 0 Å². The zero-order chi connectivity index (χ0) is 20.8. The Bertz CT molecular complexity index is 1110. The summed E-state index contributed by atoms with van der Waals surface area (Å²) in [6.07, 6.45) is 8.73. The molecule has 1 aromatic carbocycles. The van der Waals surface area contributed by atoms with Gasteiger partial charge in [0.2, 0.25) is 5.91 Å². The monoisotopic (exact) mass is 405 g/mol. The first-order chi connectivity index (χ1) is 14.5. The molecule has 2 amide bonds. The molecule has 0 spiro atoms. The lowest BCUT2D eigenvalue weighted by Gasteiger charge is -2.34. The second-order valence-corrected chi connectivity index (χ2v) is 8.68. The number of hydrogen-bond donors (Lipinski definition) is 1. The third-order valence-electron chi connectivity index (χ3n) is 6.41. The minimum atomic E-state index is 0.0296. The van der Waals surface area contributed by atoms with Crippen LogP contribution >= 0.6 is 0 Å². The average Bonchev–Trinajstić information content (AvgIpc) is 3.31. The Morgan fingerprint density at radius 1 is 1.17 bits per heavy atom. The topological polar surface area (TPSA) is 74.2 Å². The molecule has 2 aliphatic carbocycles. The summed E-state index contributed by atoms with van der Waals surface area (Å²) in [6, 6.07) is 8.34. The van der Waals surface area contributed by atoms with Crippen LogP contribution in [0.4, 0.5) is 0 Å². The number of carbonyl (C=O) groups is 2. The van der Waals surface area contributed by atoms with Crippen molar-refractivity contribution in [3.05, 3.63) is 53.5 Å². The number of carbonyl (C=O) groups excluding carboxylic acids is 2. The minimum Gasteiger partial charge on any atom is -0.347 e. The van der Waals surface area contributed by atoms with Crippen molar-refractivity contribution in [2.75, 3.05) is 14.1 Å². The maximum Gasteiger partial charge on any atom is 0.255 e. The van der Waals surface area contributed by atoms with E-state index in [9.17, 15) is 9.59 Å². The van der Waals surface area contributed by atoms with Crippen molar-refractivity contribution in [3.8, 4) is 0 Å². The van der Waals surface area contributed by atoms with E-state index in [0.717, 1.165) is 48.6 Å². The highest BCUT2D eigenvalue weighted by Crippen LogP contribution is 2.35. The van der Waals surface area contributed by atoms with Crippen molar-refractivity contribution >= 4 is 22.7 Å². The summed E-state index contributed by atoms with van der Waals surface area (Å²) in [5.74, 6) is 0.138. The van der Waals surface area contributed by atoms with Crippen molar-refractivity contribution in [2.45, 2.75) is 50.7 Å². The fraction of sp³-hybridized carbons (Fsp3) is 0.435. The Hall–Kier alpha value is -3.09. The number of benzene rings is 1. The molecule has 7 heteroatoms. The van der Waals surface area contributed by atoms with Gasteiger partial charge < -0.3 is 14.4 Å². The number of aryl methyl sites for hydroxylation is 1. The molecular weight excluding hydrogens is 378 g/mol. The number of aromatic nitrogens is 3. The fourth-order valence-corrected chi connectivity index (χ4v) is 4.59. The predicted octanol–water partition coefficient (Wildman–Crippen LogP) is 2.61. The first-order valence-electron chi connectivity index (χ1n) is 10.6. The van der Waals surface area contributed by atoms with Crippen LogP contribution in [0.15, 0.2) is 36.7 Å². The Morgan fingerprint density at radius 3 is 2.77 bits per heavy atom. The smallest absolute Gasteiger partial charge is 0.255 e. The minimum absolute atomic E-state index is 0.0296. The van der Waals surface area contributed by atoms with E-state index in [4.69, 9.17) is 0 Å². The maximum absolute atomic E-state index is 13.7. The lowest BCUT2D eigenvalue weighted by Crippen LogP contribution is -2.44. The third kappa shape index (κ3) is 3.28. The molecule has 3 aromatic rings. The van der Waals surface area contributed by atoms with Crippen LogP contribution in [0, 0.1) is 0 Å². The fourth-order valence-electron chi connectivity index (χ4n) is 4.59. The van der Waals surface area contributed by atoms with Gasteiger partial charge in [0.05, 0.1) is 6.20 Å². The third-order valence-corrected chi connectivity index (χ3v) is 6.41. The highest BCUT2D eigenvalue weighted by atomic mass is 16.2. The molecule has 7 nitrogen and oxygen atoms in total. The summed E-state index contributed by atoms with van der Waals surface area (Å²) in [5.41, 5.74) is 4.09. The summed E-state index contributed by atoms with van der Waals surface area (Å²) in [4.78, 5) is 29.7. The van der Waals surface area contributed by atoms with Gasteiger partial charge in [0.1, 0.15) is 6.54 Å². The summed E-state index contributed by atoms with van der Waals surface area (Å²) in [6.45, 7) is 0.270. The number of hydrogen-bond acceptors (Lipinski definition) is 3. The van der Waals surface area contributed by atoms with E-state index >= 15 is 0 Å². The molecule has 1 fully saturated rings. The van der Waals surface area contributed by atoms with Crippen LogP contribution in [0.1, 0.15) is 40.9 Å². The zero-order valence-corrected chi connectivity index (χ0v) is 17.5. The molecule has 1 unspecified atom stereocenters. The summed E-state index contributed by atoms with van der Waals surface area (Å²) >= 11 is 0. The number of nitrogens with zero attached hydrogens (tertiary/aromatic N) is 4. The summed E-state index contributed by atoms with van der Waals surface area (Å²) < 4.78 is 1.92. The van der Waals surface area contributed by atoms with Gasteiger partial charge in [-0.3, -0.25) is 14.7 Å². The van der Waals surface area contributed by atoms with E-state index in [1.165, 1.54) is 11.3 Å². The molecule has 156 valence electrons. The molecule has 1 N–H and O–H groups in total. The predicted molar refractivity (Wildman–Crippen MR) is 114 cm³/mol. The first-order valence-corrected chi connectivity index (χ1v) is 10.6. The van der Waals surface area contributed by atoms with E-state index in [2.05, 4.69) is 15.1 Å². The van der Waals surface area contributed by atoms with Gasteiger partial charge in [-0.25, -0.2) is 0 Å². The van der Waals surface area contributed by atoms with Crippen molar-refractivity contribution in [1.82, 2.24) is 24.6 Å². The number of fused-ring (bicyclic) bond motifs is 2. The van der Waals surface area contributed by atoms with Gasteiger partial charge in [-0.15, -0.1) is 0 Å². The molecular formula is C23H27N5O2. The van der Waals surface area contributed by atoms with E-state index in [-0.39, 0.29) is 24.4 Å². The number of amides is 2. The summed E-state index contributed by atoms with van der Waals surface area (Å²) in [5, 5.41) is 8.18. The maximum atomic E-state index is 13.7. The largest absolute Gasteiger partial charge is 0.347 e. The van der Waals surface area contributed by atoms with E-state index in [1.807, 2.05) is 41.2 Å². The lowest BCUT2D eigenvalue weighted by molar-refractivity contribution is -0.129. The highest BCUT2D eigenvalue weighted by molar-refractivity contribution is 6.07. The molecule has 1 saturated carbocycles. The molecule has 2 heterocycles. The van der Waals surface area contributed by atoms with Gasteiger partial charge in [-0.1, -0.05) is 6.07 Å². The molecule has 5 rings (SSSR count). The van der Waals surface area contributed by atoms with Crippen LogP contribution in [0.5, 0.6) is 0 Å². The summed E-state index contributed by atoms with van der Waals surface area (Å²) in [7, 11) is 3.51. The number of rotatable bonds is 5. The van der Waals surface area contributed by atoms with E-state index in [0.29, 0.717) is 6.04 Å². The van der Waals surface area contributed by atoms with Crippen molar-refractivity contribution in [3.63, 3.8) is 0 Å². The van der Waals surface area contributed by atoms with Gasteiger partial charge in [-0.05, 0) is 55.9 Å². The Morgan fingerprint density at radius 2 is 2.00 bits per heavy atom. The molecule has 0 bridgehead atoms. The second-order valence-electron chi connectivity index (χ2n) is 8.68. The molecule has 0 saturated heterocycles. The second kappa shape index (κ2) is 7.31. The Labute approximate surface area is 175 Å². The molecule has 0 aliphatic heterocycles. The van der Waals surface area contributed by atoms with Crippen LogP contribution in [0.3, 0.4) is 0 Å². The van der Waals surface area contributed by atoms with Crippen LogP contribution in [-0.4, -0.2) is 62.6 Å². The SMILES string of the molecule is CN(C)C(=O)Cn1ccc2c(C(=O)N(C3CC3)C3CCc4[nH]ncc4C3)cccc21. The van der Waals surface area contributed by atoms with Crippen molar-refractivity contribution in [1.29, 1.82) is 0 Å². The highest BCUT2D eigenvalue weighted by Gasteiger charge is 2.39. The molecule has 1 atom stereocenters. The van der Waals surface area contributed by atoms with E-state index in [1.54, 1.807) is 19.0 Å². The van der Waals surface area contributed by atoms with Crippen LogP contribution in [0.25, 0.3) is 10.9 Å². The van der Waals surface area contributed by atoms with Gasteiger partial charge in [0, 0.05) is 54.5 Å². The standard InChI is InChI=1S/C23H27N5O2/c1-26(2)22(29)14-27-11-10-18-19(4-3-5-21(18)27)23(30)28(16-6-7-16)17-8-9-20-15(12-17)13-24-25-20/h3-5,10-11,13,16-17H,6-9,12,14H2,1-2H3,(H,24,25). The Kier molecular flexibility index (Phi) is 4.60.